The van der Waals surface area contributed by atoms with Crippen molar-refractivity contribution < 1.29 is 14.7 Å². The van der Waals surface area contributed by atoms with Crippen molar-refractivity contribution in [3.63, 3.8) is 0 Å². The number of aldehydes is 1. The molecule has 2 heterocycles. The van der Waals surface area contributed by atoms with Gasteiger partial charge in [-0.2, -0.15) is 5.10 Å². The number of fused-ring (bicyclic) bond motifs is 1. The number of pyridine rings is 1. The summed E-state index contributed by atoms with van der Waals surface area (Å²) in [6.07, 6.45) is 10.6. The molecule has 0 atom stereocenters. The van der Waals surface area contributed by atoms with Crippen LogP contribution in [0.1, 0.15) is 85.9 Å². The van der Waals surface area contributed by atoms with Crippen LogP contribution in [0.2, 0.25) is 0 Å². The lowest BCUT2D eigenvalue weighted by Crippen LogP contribution is -2.21. The molecule has 0 radical (unpaired) electrons. The first kappa shape index (κ1) is 21.8. The summed E-state index contributed by atoms with van der Waals surface area (Å²) < 4.78 is 1.98. The average molecular weight is 447 g/mol. The Bertz CT molecular complexity index is 1180. The van der Waals surface area contributed by atoms with E-state index >= 15 is 0 Å². The molecule has 0 saturated heterocycles. The first-order chi connectivity index (χ1) is 15.8. The quantitative estimate of drug-likeness (QED) is 0.534. The molecule has 5 rings (SSSR count). The molecule has 172 valence electrons. The first-order valence-electron chi connectivity index (χ1n) is 11.8. The van der Waals surface area contributed by atoms with E-state index in [2.05, 4.69) is 10.3 Å². The lowest BCUT2D eigenvalue weighted by molar-refractivity contribution is -0.112. The van der Waals surface area contributed by atoms with Gasteiger partial charge in [0.05, 0.1) is 22.7 Å². The van der Waals surface area contributed by atoms with Gasteiger partial charge in [-0.15, -0.1) is 0 Å². The van der Waals surface area contributed by atoms with Crippen LogP contribution < -0.4 is 5.32 Å². The molecule has 0 spiro atoms. The molecule has 7 nitrogen and oxygen atoms in total. The van der Waals surface area contributed by atoms with Gasteiger partial charge in [-0.05, 0) is 76.6 Å². The van der Waals surface area contributed by atoms with Crippen LogP contribution in [0.15, 0.2) is 36.7 Å². The van der Waals surface area contributed by atoms with Crippen LogP contribution in [0.3, 0.4) is 0 Å². The highest BCUT2D eigenvalue weighted by molar-refractivity contribution is 6.05. The highest BCUT2D eigenvalue weighted by Gasteiger charge is 2.27. The molecular weight excluding hydrogens is 416 g/mol. The van der Waals surface area contributed by atoms with Crippen LogP contribution in [0, 0.1) is 5.92 Å². The smallest absolute Gasteiger partial charge is 0.257 e. The summed E-state index contributed by atoms with van der Waals surface area (Å²) in [7, 11) is 0. The van der Waals surface area contributed by atoms with E-state index in [-0.39, 0.29) is 17.9 Å². The van der Waals surface area contributed by atoms with Crippen LogP contribution in [0.4, 0.5) is 5.69 Å². The summed E-state index contributed by atoms with van der Waals surface area (Å²) in [5.74, 6) is 0.438. The highest BCUT2D eigenvalue weighted by Crippen LogP contribution is 2.39. The molecule has 0 unspecified atom stereocenters. The molecule has 2 aliphatic rings. The predicted molar refractivity (Wildman–Crippen MR) is 126 cm³/mol. The van der Waals surface area contributed by atoms with Crippen molar-refractivity contribution in [1.29, 1.82) is 0 Å². The number of benzene rings is 1. The Balaban J connectivity index is 1.42. The number of hydrogen-bond donors (Lipinski definition) is 2. The molecule has 2 aromatic heterocycles. The Labute approximate surface area is 193 Å². The van der Waals surface area contributed by atoms with Gasteiger partial charge in [-0.25, -0.2) is 0 Å². The third kappa shape index (κ3) is 4.55. The number of aliphatic hydroxyl groups is 1. The second-order valence-electron chi connectivity index (χ2n) is 10.0. The number of carbonyl (C=O) groups excluding carboxylic acids is 2. The molecule has 0 aliphatic heterocycles. The van der Waals surface area contributed by atoms with Crippen molar-refractivity contribution in [1.82, 2.24) is 14.8 Å². The number of hydrogen-bond acceptors (Lipinski definition) is 5. The van der Waals surface area contributed by atoms with Crippen LogP contribution in [0.5, 0.6) is 0 Å². The van der Waals surface area contributed by atoms with E-state index in [1.54, 1.807) is 20.0 Å². The molecule has 1 amide bonds. The summed E-state index contributed by atoms with van der Waals surface area (Å²) in [4.78, 5) is 28.5. The van der Waals surface area contributed by atoms with Gasteiger partial charge in [0.1, 0.15) is 6.29 Å². The Morgan fingerprint density at radius 2 is 1.91 bits per heavy atom. The normalized spacial score (nSPS) is 21.2. The minimum atomic E-state index is -1.16. The van der Waals surface area contributed by atoms with Crippen molar-refractivity contribution >= 4 is 28.8 Å². The number of rotatable bonds is 6. The van der Waals surface area contributed by atoms with Gasteiger partial charge in [0.2, 0.25) is 0 Å². The topological polar surface area (TPSA) is 97.1 Å². The molecule has 2 aliphatic carbocycles. The van der Waals surface area contributed by atoms with E-state index in [1.807, 2.05) is 35.1 Å². The number of aromatic nitrogens is 3. The van der Waals surface area contributed by atoms with Crippen molar-refractivity contribution in [2.75, 3.05) is 5.32 Å². The van der Waals surface area contributed by atoms with E-state index in [0.29, 0.717) is 22.7 Å². The SMILES string of the molecule is CC(C)(O)c1cc2nn(C3CCC(C=O)CC3)cc2cc1NC(=O)c1ccc(C2CC2)nc1. The number of nitrogens with zero attached hydrogens (tertiary/aromatic N) is 3. The van der Waals surface area contributed by atoms with Crippen LogP contribution in [-0.4, -0.2) is 32.1 Å². The van der Waals surface area contributed by atoms with E-state index in [1.165, 1.54) is 12.8 Å². The summed E-state index contributed by atoms with van der Waals surface area (Å²) >= 11 is 0. The zero-order valence-electron chi connectivity index (χ0n) is 19.1. The Kier molecular flexibility index (Phi) is 5.52. The maximum Gasteiger partial charge on any atom is 0.257 e. The van der Waals surface area contributed by atoms with Crippen molar-refractivity contribution in [3.8, 4) is 0 Å². The van der Waals surface area contributed by atoms with Gasteiger partial charge in [-0.3, -0.25) is 14.5 Å². The molecular formula is C26H30N4O3. The Hall–Kier alpha value is -3.06. The second-order valence-corrected chi connectivity index (χ2v) is 10.0. The number of amides is 1. The third-order valence-corrected chi connectivity index (χ3v) is 6.92. The molecule has 0 bridgehead atoms. The van der Waals surface area contributed by atoms with Gasteiger partial charge in [0, 0.05) is 46.6 Å². The van der Waals surface area contributed by atoms with Gasteiger partial charge < -0.3 is 15.2 Å². The standard InChI is InChI=1S/C26H30N4O3/c1-26(2,33)21-12-23-19(14-30(29-23)20-8-3-16(15-31)4-9-20)11-24(21)28-25(32)18-7-10-22(27-13-18)17-5-6-17/h7,10-17,20,33H,3-6,8-9H2,1-2H3,(H,28,32). The minimum Gasteiger partial charge on any atom is -0.386 e. The Morgan fingerprint density at radius 1 is 1.15 bits per heavy atom. The highest BCUT2D eigenvalue weighted by atomic mass is 16.3. The molecule has 7 heteroatoms. The van der Waals surface area contributed by atoms with Gasteiger partial charge in [-0.1, -0.05) is 0 Å². The average Bonchev–Trinajstić information content (AvgIpc) is 3.57. The Morgan fingerprint density at radius 3 is 2.52 bits per heavy atom. The maximum absolute atomic E-state index is 13.0. The van der Waals surface area contributed by atoms with Crippen molar-refractivity contribution in [3.05, 3.63) is 53.5 Å². The lowest BCUT2D eigenvalue weighted by atomic mass is 9.87. The van der Waals surface area contributed by atoms with Crippen LogP contribution in [-0.2, 0) is 10.4 Å². The first-order valence-corrected chi connectivity index (χ1v) is 11.8. The second kappa shape index (κ2) is 8.37. The molecule has 33 heavy (non-hydrogen) atoms. The lowest BCUT2D eigenvalue weighted by Gasteiger charge is -2.25. The van der Waals surface area contributed by atoms with Gasteiger partial charge >= 0.3 is 0 Å². The van der Waals surface area contributed by atoms with Crippen molar-refractivity contribution in [2.45, 2.75) is 69.9 Å². The van der Waals surface area contributed by atoms with Gasteiger partial charge in [0.25, 0.3) is 5.91 Å². The fraction of sp³-hybridized carbons (Fsp3) is 0.462. The van der Waals surface area contributed by atoms with E-state index in [4.69, 9.17) is 5.10 Å². The number of anilines is 1. The molecule has 3 aromatic rings. The maximum atomic E-state index is 13.0. The summed E-state index contributed by atoms with van der Waals surface area (Å²) in [6, 6.07) is 7.73. The molecule has 2 fully saturated rings. The van der Waals surface area contributed by atoms with E-state index in [9.17, 15) is 14.7 Å². The number of nitrogens with one attached hydrogen (secondary N) is 1. The molecule has 1 aromatic carbocycles. The van der Waals surface area contributed by atoms with Crippen molar-refractivity contribution in [2.24, 2.45) is 5.92 Å². The third-order valence-electron chi connectivity index (χ3n) is 6.92. The summed E-state index contributed by atoms with van der Waals surface area (Å²) in [5, 5.41) is 19.4. The number of carbonyl (C=O) groups is 2. The zero-order chi connectivity index (χ0) is 23.2. The minimum absolute atomic E-state index is 0.155. The fourth-order valence-electron chi connectivity index (χ4n) is 4.74. The van der Waals surface area contributed by atoms with Crippen LogP contribution >= 0.6 is 0 Å². The van der Waals surface area contributed by atoms with E-state index in [0.717, 1.165) is 48.6 Å². The van der Waals surface area contributed by atoms with E-state index < -0.39 is 5.60 Å². The fourth-order valence-corrected chi connectivity index (χ4v) is 4.74. The van der Waals surface area contributed by atoms with Gasteiger partial charge in [0.15, 0.2) is 0 Å². The van der Waals surface area contributed by atoms with Crippen LogP contribution in [0.25, 0.3) is 10.9 Å². The zero-order valence-corrected chi connectivity index (χ0v) is 19.1. The largest absolute Gasteiger partial charge is 0.386 e. The molecule has 2 saturated carbocycles. The predicted octanol–water partition coefficient (Wildman–Crippen LogP) is 4.72. The summed E-state index contributed by atoms with van der Waals surface area (Å²) in [6.45, 7) is 3.40. The molecule has 2 N–H and O–H groups in total. The summed E-state index contributed by atoms with van der Waals surface area (Å²) in [5.41, 5.74) is 2.33. The monoisotopic (exact) mass is 446 g/mol.